The summed E-state index contributed by atoms with van der Waals surface area (Å²) in [4.78, 5) is 3.63. The van der Waals surface area contributed by atoms with Gasteiger partial charge in [0.05, 0.1) is 0 Å². The summed E-state index contributed by atoms with van der Waals surface area (Å²) in [5.41, 5.74) is 0.314. The lowest BCUT2D eigenvalue weighted by molar-refractivity contribution is -0.0500. The van der Waals surface area contributed by atoms with Crippen LogP contribution in [0.25, 0.3) is 0 Å². The fourth-order valence-electron chi connectivity index (χ4n) is 0.952. The molecule has 0 radical (unpaired) electrons. The number of alkyl halides is 2. The van der Waals surface area contributed by atoms with Crippen LogP contribution in [0.3, 0.4) is 0 Å². The van der Waals surface area contributed by atoms with Crippen LogP contribution in [0.2, 0.25) is 0 Å². The second kappa shape index (κ2) is 4.64. The van der Waals surface area contributed by atoms with E-state index in [0.717, 1.165) is 12.1 Å². The molecule has 0 aliphatic rings. The summed E-state index contributed by atoms with van der Waals surface area (Å²) >= 11 is 0. The van der Waals surface area contributed by atoms with E-state index in [1.54, 1.807) is 0 Å². The number of benzene rings is 1. The van der Waals surface area contributed by atoms with Crippen molar-refractivity contribution in [1.82, 2.24) is 0 Å². The molecule has 0 amide bonds. The molecule has 0 atom stereocenters. The first kappa shape index (κ1) is 10.6. The van der Waals surface area contributed by atoms with Crippen LogP contribution in [0, 0.1) is 5.82 Å². The number of rotatable bonds is 3. The molecule has 76 valence electrons. The quantitative estimate of drug-likeness (QED) is 0.691. The predicted molar refractivity (Wildman–Crippen MR) is 46.6 cm³/mol. The minimum atomic E-state index is -2.97. The van der Waals surface area contributed by atoms with Crippen LogP contribution in [0.15, 0.2) is 23.2 Å². The van der Waals surface area contributed by atoms with Crippen LogP contribution in [-0.2, 0) is 0 Å². The lowest BCUT2D eigenvalue weighted by atomic mass is 10.2. The van der Waals surface area contributed by atoms with Crippen LogP contribution >= 0.6 is 0 Å². The lowest BCUT2D eigenvalue weighted by Gasteiger charge is -2.07. The Morgan fingerprint density at radius 3 is 2.71 bits per heavy atom. The average molecular weight is 203 g/mol. The third kappa shape index (κ3) is 2.76. The topological polar surface area (TPSA) is 21.6 Å². The first-order valence-corrected chi connectivity index (χ1v) is 3.80. The van der Waals surface area contributed by atoms with Gasteiger partial charge < -0.3 is 4.74 Å². The fourth-order valence-corrected chi connectivity index (χ4v) is 0.952. The Morgan fingerprint density at radius 2 is 2.14 bits per heavy atom. The van der Waals surface area contributed by atoms with E-state index in [9.17, 15) is 13.2 Å². The zero-order chi connectivity index (χ0) is 10.6. The highest BCUT2D eigenvalue weighted by Gasteiger charge is 2.09. The summed E-state index contributed by atoms with van der Waals surface area (Å²) in [6.45, 7) is -2.97. The van der Waals surface area contributed by atoms with Crippen LogP contribution in [0.4, 0.5) is 13.2 Å². The van der Waals surface area contributed by atoms with Gasteiger partial charge in [-0.3, -0.25) is 4.99 Å². The Hall–Kier alpha value is -1.52. The number of halogens is 3. The second-order valence-corrected chi connectivity index (χ2v) is 2.45. The Labute approximate surface area is 79.0 Å². The van der Waals surface area contributed by atoms with Gasteiger partial charge in [0, 0.05) is 24.9 Å². The molecule has 2 nitrogen and oxygen atoms in total. The van der Waals surface area contributed by atoms with Crippen molar-refractivity contribution in [2.75, 3.05) is 7.05 Å². The van der Waals surface area contributed by atoms with Crippen molar-refractivity contribution in [1.29, 1.82) is 0 Å². The van der Waals surface area contributed by atoms with Gasteiger partial charge in [-0.15, -0.1) is 0 Å². The molecule has 0 aliphatic carbocycles. The zero-order valence-electron chi connectivity index (χ0n) is 7.38. The molecule has 0 aromatic heterocycles. The Bertz CT molecular complexity index is 339. The molecule has 5 heteroatoms. The molecule has 0 aliphatic heterocycles. The van der Waals surface area contributed by atoms with Crippen LogP contribution in [0.1, 0.15) is 5.56 Å². The average Bonchev–Trinajstić information content (AvgIpc) is 2.09. The number of nitrogens with zero attached hydrogens (tertiary/aromatic N) is 1. The van der Waals surface area contributed by atoms with Gasteiger partial charge in [0.15, 0.2) is 0 Å². The maximum absolute atomic E-state index is 12.7. The summed E-state index contributed by atoms with van der Waals surface area (Å²) in [6, 6.07) is 3.36. The van der Waals surface area contributed by atoms with Crippen molar-refractivity contribution in [3.05, 3.63) is 29.6 Å². The third-order valence-corrected chi connectivity index (χ3v) is 1.46. The lowest BCUT2D eigenvalue weighted by Crippen LogP contribution is -2.04. The second-order valence-electron chi connectivity index (χ2n) is 2.45. The van der Waals surface area contributed by atoms with Gasteiger partial charge in [0.1, 0.15) is 11.6 Å². The molecule has 0 saturated heterocycles. The van der Waals surface area contributed by atoms with Gasteiger partial charge in [-0.2, -0.15) is 8.78 Å². The minimum Gasteiger partial charge on any atom is -0.434 e. The van der Waals surface area contributed by atoms with Crippen molar-refractivity contribution >= 4 is 6.21 Å². The number of ether oxygens (including phenoxy) is 1. The first-order valence-electron chi connectivity index (χ1n) is 3.80. The normalized spacial score (nSPS) is 11.2. The summed E-state index contributed by atoms with van der Waals surface area (Å²) < 4.78 is 40.5. The molecule has 1 rings (SSSR count). The molecule has 1 aromatic rings. The molecular formula is C9H8F3NO. The molecular weight excluding hydrogens is 195 g/mol. The summed E-state index contributed by atoms with van der Waals surface area (Å²) in [6.07, 6.45) is 1.32. The van der Waals surface area contributed by atoms with Gasteiger partial charge in [-0.25, -0.2) is 4.39 Å². The molecule has 0 spiro atoms. The van der Waals surface area contributed by atoms with E-state index in [2.05, 4.69) is 9.73 Å². The van der Waals surface area contributed by atoms with Crippen molar-refractivity contribution in [2.24, 2.45) is 4.99 Å². The molecule has 0 saturated carbocycles. The van der Waals surface area contributed by atoms with Crippen LogP contribution < -0.4 is 4.74 Å². The SMILES string of the molecule is CN=Cc1ccc(F)cc1OC(F)F. The molecule has 0 unspecified atom stereocenters. The summed E-state index contributed by atoms with van der Waals surface area (Å²) in [5, 5.41) is 0. The molecule has 0 heterocycles. The van der Waals surface area contributed by atoms with Crippen molar-refractivity contribution < 1.29 is 17.9 Å². The number of aliphatic imine (C=N–C) groups is 1. The van der Waals surface area contributed by atoms with Gasteiger partial charge in [0.2, 0.25) is 0 Å². The van der Waals surface area contributed by atoms with Gasteiger partial charge in [-0.1, -0.05) is 0 Å². The standard InChI is InChI=1S/C9H8F3NO/c1-13-5-6-2-3-7(10)4-8(6)14-9(11)12/h2-5,9H,1H3. The van der Waals surface area contributed by atoms with E-state index in [-0.39, 0.29) is 5.75 Å². The van der Waals surface area contributed by atoms with E-state index in [1.165, 1.54) is 19.3 Å². The van der Waals surface area contributed by atoms with Gasteiger partial charge in [-0.05, 0) is 12.1 Å². The maximum Gasteiger partial charge on any atom is 0.387 e. The van der Waals surface area contributed by atoms with Crippen molar-refractivity contribution in [3.63, 3.8) is 0 Å². The molecule has 0 fully saturated rings. The summed E-state index contributed by atoms with van der Waals surface area (Å²) in [7, 11) is 1.48. The number of hydrogen-bond acceptors (Lipinski definition) is 2. The molecule has 0 N–H and O–H groups in total. The maximum atomic E-state index is 12.7. The zero-order valence-corrected chi connectivity index (χ0v) is 7.38. The minimum absolute atomic E-state index is 0.217. The molecule has 1 aromatic carbocycles. The largest absolute Gasteiger partial charge is 0.434 e. The molecule has 0 bridgehead atoms. The number of hydrogen-bond donors (Lipinski definition) is 0. The smallest absolute Gasteiger partial charge is 0.387 e. The van der Waals surface area contributed by atoms with E-state index in [4.69, 9.17) is 0 Å². The molecule has 14 heavy (non-hydrogen) atoms. The van der Waals surface area contributed by atoms with E-state index in [0.29, 0.717) is 5.56 Å². The first-order chi connectivity index (χ1) is 6.63. The predicted octanol–water partition coefficient (Wildman–Crippen LogP) is 2.48. The van der Waals surface area contributed by atoms with E-state index in [1.807, 2.05) is 0 Å². The van der Waals surface area contributed by atoms with Gasteiger partial charge >= 0.3 is 6.61 Å². The Morgan fingerprint density at radius 1 is 1.43 bits per heavy atom. The highest BCUT2D eigenvalue weighted by Crippen LogP contribution is 2.20. The third-order valence-electron chi connectivity index (χ3n) is 1.46. The van der Waals surface area contributed by atoms with Crippen LogP contribution in [-0.4, -0.2) is 19.9 Å². The van der Waals surface area contributed by atoms with Crippen LogP contribution in [0.5, 0.6) is 5.75 Å². The van der Waals surface area contributed by atoms with Crippen molar-refractivity contribution in [2.45, 2.75) is 6.61 Å². The van der Waals surface area contributed by atoms with E-state index >= 15 is 0 Å². The van der Waals surface area contributed by atoms with E-state index < -0.39 is 12.4 Å². The highest BCUT2D eigenvalue weighted by atomic mass is 19.3. The highest BCUT2D eigenvalue weighted by molar-refractivity contribution is 5.83. The Balaban J connectivity index is 3.02. The Kier molecular flexibility index (Phi) is 3.50. The van der Waals surface area contributed by atoms with Crippen molar-refractivity contribution in [3.8, 4) is 5.75 Å². The monoisotopic (exact) mass is 203 g/mol. The fraction of sp³-hybridized carbons (Fsp3) is 0.222. The van der Waals surface area contributed by atoms with Gasteiger partial charge in [0.25, 0.3) is 0 Å². The summed E-state index contributed by atoms with van der Waals surface area (Å²) in [5.74, 6) is -0.848.